The summed E-state index contributed by atoms with van der Waals surface area (Å²) in [4.78, 5) is 29.2. The van der Waals surface area contributed by atoms with E-state index in [0.717, 1.165) is 62.5 Å². The Balaban J connectivity index is 1.00. The quantitative estimate of drug-likeness (QED) is 0.0525. The van der Waals surface area contributed by atoms with Crippen LogP contribution in [-0.4, -0.2) is 98.8 Å². The van der Waals surface area contributed by atoms with Crippen LogP contribution in [0.4, 0.5) is 27.0 Å². The van der Waals surface area contributed by atoms with E-state index in [0.29, 0.717) is 82.4 Å². The summed E-state index contributed by atoms with van der Waals surface area (Å²) in [5.74, 6) is -0.112. The molecule has 0 amide bonds. The summed E-state index contributed by atoms with van der Waals surface area (Å²) in [5, 5.41) is 45.5. The van der Waals surface area contributed by atoms with Gasteiger partial charge in [0.1, 0.15) is 11.6 Å². The lowest BCUT2D eigenvalue weighted by atomic mass is 9.39. The third kappa shape index (κ3) is 8.11. The number of aliphatic hydroxyl groups is 2. The number of anilines is 4. The maximum atomic E-state index is 14.4. The minimum Gasteiger partial charge on any atom is -0.476 e. The molecule has 2 unspecified atom stereocenters. The summed E-state index contributed by atoms with van der Waals surface area (Å²) >= 11 is 1.21. The van der Waals surface area contributed by atoms with Crippen LogP contribution in [0.3, 0.4) is 0 Å². The number of carboxylic acids is 1. The molecule has 7 N–H and O–H groups in total. The fraction of sp³-hybridized carbons (Fsp3) is 0.545. The smallest absolute Gasteiger partial charge is 0.355 e. The summed E-state index contributed by atoms with van der Waals surface area (Å²) in [6, 6.07) is 8.37. The molecular formula is C44H56FN9O5S. The zero-order valence-corrected chi connectivity index (χ0v) is 35.7. The van der Waals surface area contributed by atoms with E-state index >= 15 is 0 Å². The van der Waals surface area contributed by atoms with Gasteiger partial charge in [-0.3, -0.25) is 4.99 Å². The topological polar surface area (TPSA) is 204 Å². The Kier molecular flexibility index (Phi) is 11.5. The van der Waals surface area contributed by atoms with Crippen molar-refractivity contribution >= 4 is 61.4 Å². The maximum Gasteiger partial charge on any atom is 0.355 e. The number of fused-ring (bicyclic) bond motifs is 2. The van der Waals surface area contributed by atoms with Gasteiger partial charge in [0.05, 0.1) is 22.4 Å². The molecule has 3 aromatic heterocycles. The Morgan fingerprint density at radius 1 is 1.08 bits per heavy atom. The van der Waals surface area contributed by atoms with Crippen molar-refractivity contribution in [3.05, 3.63) is 64.7 Å². The Hall–Kier alpha value is -4.61. The molecule has 320 valence electrons. The SMILES string of the molecule is CC(=NCC12CC3(C)CC(C)(C1)CC(OCCNCC(CO)CO)(C3)C2)/C(=C\N)c1ccc(N2CCCc3c2nnc(Nc2nc4cccc(F)c4s2)c3C)nc1C(=O)O. The minimum absolute atomic E-state index is 0.0590. The van der Waals surface area contributed by atoms with E-state index in [1.165, 1.54) is 23.6 Å². The average Bonchev–Trinajstić information content (AvgIpc) is 3.62. The van der Waals surface area contributed by atoms with Crippen LogP contribution in [-0.2, 0) is 11.2 Å². The molecule has 0 saturated heterocycles. The predicted octanol–water partition coefficient (Wildman–Crippen LogP) is 6.54. The van der Waals surface area contributed by atoms with Crippen molar-refractivity contribution < 1.29 is 29.2 Å². The van der Waals surface area contributed by atoms with Gasteiger partial charge in [0.15, 0.2) is 22.5 Å². The van der Waals surface area contributed by atoms with Crippen LogP contribution >= 0.6 is 11.3 Å². The van der Waals surface area contributed by atoms with Crippen LogP contribution in [0.2, 0.25) is 0 Å². The van der Waals surface area contributed by atoms with Crippen molar-refractivity contribution in [2.24, 2.45) is 32.9 Å². The molecule has 4 fully saturated rings. The number of thiazole rings is 1. The molecule has 4 aromatic rings. The molecule has 4 saturated carbocycles. The highest BCUT2D eigenvalue weighted by atomic mass is 32.1. The molecular weight excluding hydrogens is 786 g/mol. The highest BCUT2D eigenvalue weighted by Crippen LogP contribution is 2.71. The van der Waals surface area contributed by atoms with E-state index in [2.05, 4.69) is 39.7 Å². The molecule has 16 heteroatoms. The van der Waals surface area contributed by atoms with Crippen molar-refractivity contribution in [2.45, 2.75) is 84.7 Å². The molecule has 9 rings (SSSR count). The van der Waals surface area contributed by atoms with Crippen molar-refractivity contribution in [2.75, 3.05) is 56.2 Å². The number of aliphatic imine (C=N–C) groups is 1. The van der Waals surface area contributed by atoms with Crippen LogP contribution in [0.25, 0.3) is 15.8 Å². The third-order valence-electron chi connectivity index (χ3n) is 13.1. The molecule has 1 aliphatic heterocycles. The van der Waals surface area contributed by atoms with Crippen LogP contribution < -0.4 is 21.3 Å². The van der Waals surface area contributed by atoms with Gasteiger partial charge in [-0.05, 0) is 106 Å². The number of carboxylic acid groups (broad SMARTS) is 1. The number of nitrogens with two attached hydrogens (primary N) is 1. The number of nitrogens with zero attached hydrogens (tertiary/aromatic N) is 6. The first-order valence-electron chi connectivity index (χ1n) is 20.9. The molecule has 5 aliphatic rings. The second kappa shape index (κ2) is 16.3. The third-order valence-corrected chi connectivity index (χ3v) is 14.1. The normalized spacial score (nSPS) is 26.3. The minimum atomic E-state index is -1.18. The van der Waals surface area contributed by atoms with Crippen LogP contribution in [0.1, 0.15) is 92.9 Å². The number of aromatic carboxylic acids is 1. The van der Waals surface area contributed by atoms with Gasteiger partial charge in [0.25, 0.3) is 0 Å². The summed E-state index contributed by atoms with van der Waals surface area (Å²) in [5.41, 5.74) is 10.1. The molecule has 60 heavy (non-hydrogen) atoms. The molecule has 14 nitrogen and oxygen atoms in total. The molecule has 1 aromatic carbocycles. The number of nitrogens with one attached hydrogen (secondary N) is 2. The van der Waals surface area contributed by atoms with E-state index < -0.39 is 5.97 Å². The fourth-order valence-electron chi connectivity index (χ4n) is 11.7. The van der Waals surface area contributed by atoms with Crippen molar-refractivity contribution in [3.8, 4) is 0 Å². The number of halogens is 1. The number of carbonyl (C=O) groups is 1. The lowest BCUT2D eigenvalue weighted by Gasteiger charge is -2.69. The molecule has 2 atom stereocenters. The van der Waals surface area contributed by atoms with Gasteiger partial charge in [-0.2, -0.15) is 0 Å². The predicted molar refractivity (Wildman–Crippen MR) is 232 cm³/mol. The summed E-state index contributed by atoms with van der Waals surface area (Å²) in [6.07, 6.45) is 9.18. The average molecular weight is 842 g/mol. The monoisotopic (exact) mass is 841 g/mol. The summed E-state index contributed by atoms with van der Waals surface area (Å²) < 4.78 is 21.6. The Labute approximate surface area is 353 Å². The number of aromatic nitrogens is 4. The molecule has 4 bridgehead atoms. The number of hydrogen-bond donors (Lipinski definition) is 6. The zero-order valence-electron chi connectivity index (χ0n) is 34.9. The number of hydrogen-bond acceptors (Lipinski definition) is 14. The zero-order chi connectivity index (χ0) is 42.5. The number of allylic oxidation sites excluding steroid dienone is 1. The Bertz CT molecular complexity index is 2330. The van der Waals surface area contributed by atoms with Gasteiger partial charge in [-0.15, -0.1) is 10.2 Å². The van der Waals surface area contributed by atoms with E-state index in [4.69, 9.17) is 20.4 Å². The number of ether oxygens (including phenoxy) is 1. The van der Waals surface area contributed by atoms with Crippen LogP contribution in [0.5, 0.6) is 0 Å². The molecule has 4 aliphatic carbocycles. The summed E-state index contributed by atoms with van der Waals surface area (Å²) in [6.45, 7) is 11.4. The largest absolute Gasteiger partial charge is 0.476 e. The van der Waals surface area contributed by atoms with Gasteiger partial charge < -0.3 is 41.3 Å². The fourth-order valence-corrected chi connectivity index (χ4v) is 12.6. The molecule has 0 spiro atoms. The highest BCUT2D eigenvalue weighted by Gasteiger charge is 2.66. The van der Waals surface area contributed by atoms with E-state index in [9.17, 15) is 24.5 Å². The lowest BCUT2D eigenvalue weighted by molar-refractivity contribution is -0.241. The van der Waals surface area contributed by atoms with Crippen LogP contribution in [0, 0.1) is 34.9 Å². The Morgan fingerprint density at radius 3 is 2.55 bits per heavy atom. The lowest BCUT2D eigenvalue weighted by Crippen LogP contribution is -2.64. The molecule has 4 heterocycles. The first-order chi connectivity index (χ1) is 28.7. The van der Waals surface area contributed by atoms with E-state index in [1.807, 2.05) is 18.7 Å². The molecule has 0 radical (unpaired) electrons. The number of pyridine rings is 1. The van der Waals surface area contributed by atoms with E-state index in [1.54, 1.807) is 24.3 Å². The van der Waals surface area contributed by atoms with Gasteiger partial charge in [-0.1, -0.05) is 31.3 Å². The first-order valence-corrected chi connectivity index (χ1v) is 21.7. The standard InChI is InChI=1S/C44H56FN9O5S/c1-26-29-7-6-13-54(38(29)53-52-37(26)51-40-49-33-9-5-8-32(45)36(33)60-40)34-11-10-30(35(50-34)39(57)58)31(15-46)27(2)48-25-43-20-41(3)19-42(4,21-43)23-44(22-41,24-43)59-14-12-47-16-28(17-55)18-56/h5,8-11,15,28,47,55-56H,6-7,12-14,16-25,46H2,1-4H3,(H,57,58)(H,49,51,52)/b31-15+,48-27?. The van der Waals surface area contributed by atoms with Crippen molar-refractivity contribution in [3.63, 3.8) is 0 Å². The van der Waals surface area contributed by atoms with Crippen LogP contribution in [0.15, 0.2) is 41.5 Å². The van der Waals surface area contributed by atoms with Crippen molar-refractivity contribution in [1.29, 1.82) is 0 Å². The van der Waals surface area contributed by atoms with Gasteiger partial charge in [0.2, 0.25) is 0 Å². The van der Waals surface area contributed by atoms with Gasteiger partial charge in [0, 0.05) is 79.5 Å². The number of rotatable bonds is 16. The second-order valence-electron chi connectivity index (χ2n) is 18.5. The summed E-state index contributed by atoms with van der Waals surface area (Å²) in [7, 11) is 0. The van der Waals surface area contributed by atoms with Gasteiger partial charge in [-0.25, -0.2) is 19.2 Å². The first kappa shape index (κ1) is 42.1. The number of aliphatic hydroxyl groups excluding tert-OH is 2. The Morgan fingerprint density at radius 2 is 1.85 bits per heavy atom. The van der Waals surface area contributed by atoms with Crippen molar-refractivity contribution in [1.82, 2.24) is 25.5 Å². The maximum absolute atomic E-state index is 14.4. The van der Waals surface area contributed by atoms with E-state index in [-0.39, 0.29) is 52.5 Å². The highest BCUT2D eigenvalue weighted by molar-refractivity contribution is 7.22. The number of benzene rings is 1. The second-order valence-corrected chi connectivity index (χ2v) is 19.5. The van der Waals surface area contributed by atoms with Gasteiger partial charge >= 0.3 is 5.97 Å².